The number of rotatable bonds is 0. The fourth-order valence-electron chi connectivity index (χ4n) is 0.534. The van der Waals surface area contributed by atoms with E-state index in [1.165, 1.54) is 5.56 Å². The molecular formula is C10H20. The lowest BCUT2D eigenvalue weighted by Crippen LogP contribution is -1.62. The van der Waals surface area contributed by atoms with Gasteiger partial charge in [0.05, 0.1) is 0 Å². The van der Waals surface area contributed by atoms with E-state index in [1.54, 1.807) is 0 Å². The second-order valence-corrected chi connectivity index (χ2v) is 1.65. The van der Waals surface area contributed by atoms with Gasteiger partial charge in [-0.2, -0.15) is 0 Å². The molecule has 0 N–H and O–H groups in total. The summed E-state index contributed by atoms with van der Waals surface area (Å²) in [6, 6.07) is 10.3. The van der Waals surface area contributed by atoms with Crippen LogP contribution >= 0.6 is 0 Å². The Morgan fingerprint density at radius 2 is 1.40 bits per heavy atom. The van der Waals surface area contributed by atoms with Gasteiger partial charge in [0.25, 0.3) is 0 Å². The van der Waals surface area contributed by atoms with E-state index in [2.05, 4.69) is 19.1 Å². The Hall–Kier alpha value is -0.780. The van der Waals surface area contributed by atoms with Crippen LogP contribution in [0.25, 0.3) is 0 Å². The molecule has 0 aromatic heterocycles. The van der Waals surface area contributed by atoms with Crippen LogP contribution in [-0.4, -0.2) is 0 Å². The van der Waals surface area contributed by atoms with Crippen LogP contribution in [0.5, 0.6) is 0 Å². The molecule has 0 unspecified atom stereocenters. The molecule has 0 aliphatic carbocycles. The van der Waals surface area contributed by atoms with Crippen LogP contribution in [0.3, 0.4) is 0 Å². The zero-order chi connectivity index (χ0) is 7.11. The predicted octanol–water partition coefficient (Wildman–Crippen LogP) is 3.90. The van der Waals surface area contributed by atoms with Crippen molar-refractivity contribution in [1.82, 2.24) is 0 Å². The van der Waals surface area contributed by atoms with Crippen molar-refractivity contribution in [2.75, 3.05) is 0 Å². The monoisotopic (exact) mass is 141 g/mol. The highest BCUT2D eigenvalue weighted by molar-refractivity contribution is 5.11. The molecule has 0 radical (unpaired) electrons. The van der Waals surface area contributed by atoms with Crippen LogP contribution in [-0.2, 0) is 0 Å². The molecule has 0 fully saturated rings. The molecule has 0 saturated heterocycles. The van der Waals surface area contributed by atoms with Crippen LogP contribution < -0.4 is 0 Å². The van der Waals surface area contributed by atoms with Crippen molar-refractivity contribution in [3.8, 4) is 0 Å². The fraction of sp³-hybridized carbons (Fsp3) is 0.400. The molecule has 0 amide bonds. The normalized spacial score (nSPS) is 6.70. The highest BCUT2D eigenvalue weighted by Gasteiger charge is 1.72. The van der Waals surface area contributed by atoms with Gasteiger partial charge in [-0.05, 0) is 6.92 Å². The summed E-state index contributed by atoms with van der Waals surface area (Å²) < 4.78 is 0. The standard InChI is InChI=1S/C7H8.C2H6.CH4.H2/c1-7-5-3-2-4-6-7;1-2;;/h2-6H,1H3;1-2H3;1H4;1H/i;;;1+1. The van der Waals surface area contributed by atoms with Crippen LogP contribution in [0.15, 0.2) is 30.3 Å². The molecule has 1 aromatic carbocycles. The van der Waals surface area contributed by atoms with Crippen LogP contribution in [0, 0.1) is 6.92 Å². The number of aryl methyl sites for hydroxylation is 1. The number of hydrogen-bond donors (Lipinski definition) is 0. The quantitative estimate of drug-likeness (QED) is 0.514. The van der Waals surface area contributed by atoms with Gasteiger partial charge in [-0.25, -0.2) is 0 Å². The van der Waals surface area contributed by atoms with Crippen LogP contribution in [0.2, 0.25) is 0 Å². The molecule has 10 heavy (non-hydrogen) atoms. The lowest BCUT2D eigenvalue weighted by atomic mass is 10.2. The lowest BCUT2D eigenvalue weighted by molar-refractivity contribution is 1.48. The van der Waals surface area contributed by atoms with E-state index >= 15 is 0 Å². The Labute approximate surface area is 66.4 Å². The minimum Gasteiger partial charge on any atom is -0.0776 e. The first-order chi connectivity index (χ1) is 4.39. The van der Waals surface area contributed by atoms with Crippen molar-refractivity contribution < 1.29 is 1.43 Å². The first kappa shape index (κ1) is 12.0. The smallest absolute Gasteiger partial charge is 0 e. The van der Waals surface area contributed by atoms with Crippen LogP contribution in [0.1, 0.15) is 28.3 Å². The Balaban J connectivity index is -0.000000149. The Morgan fingerprint density at radius 3 is 1.60 bits per heavy atom. The summed E-state index contributed by atoms with van der Waals surface area (Å²) in [5.41, 5.74) is 1.32. The molecule has 0 aliphatic rings. The molecule has 0 heterocycles. The van der Waals surface area contributed by atoms with Gasteiger partial charge in [0.1, 0.15) is 0 Å². The van der Waals surface area contributed by atoms with E-state index in [4.69, 9.17) is 0 Å². The van der Waals surface area contributed by atoms with Gasteiger partial charge < -0.3 is 0 Å². The summed E-state index contributed by atoms with van der Waals surface area (Å²) in [7, 11) is 0. The number of hydrogen-bond acceptors (Lipinski definition) is 0. The molecule has 0 bridgehead atoms. The molecule has 60 valence electrons. The van der Waals surface area contributed by atoms with Crippen molar-refractivity contribution in [2.24, 2.45) is 0 Å². The van der Waals surface area contributed by atoms with Crippen molar-refractivity contribution in [2.45, 2.75) is 28.2 Å². The van der Waals surface area contributed by atoms with E-state index in [0.29, 0.717) is 0 Å². The van der Waals surface area contributed by atoms with E-state index in [-0.39, 0.29) is 8.85 Å². The third kappa shape index (κ3) is 5.36. The Kier molecular flexibility index (Phi) is 9.82. The highest BCUT2D eigenvalue weighted by atomic mass is 13.8. The SMILES string of the molecule is C.CC.Cc1ccccc1.[2HH]. The van der Waals surface area contributed by atoms with E-state index < -0.39 is 0 Å². The van der Waals surface area contributed by atoms with Gasteiger partial charge in [-0.15, -0.1) is 0 Å². The second kappa shape index (κ2) is 8.22. The summed E-state index contributed by atoms with van der Waals surface area (Å²) in [4.78, 5) is 0. The average Bonchev–Trinajstić information content (AvgIpc) is 1.94. The van der Waals surface area contributed by atoms with Crippen LogP contribution in [0.4, 0.5) is 0 Å². The summed E-state index contributed by atoms with van der Waals surface area (Å²) in [5.74, 6) is 0. The summed E-state index contributed by atoms with van der Waals surface area (Å²) in [5, 5.41) is 0. The number of benzene rings is 1. The molecule has 0 saturated carbocycles. The second-order valence-electron chi connectivity index (χ2n) is 1.65. The van der Waals surface area contributed by atoms with E-state index in [0.717, 1.165) is 0 Å². The molecule has 0 spiro atoms. The minimum atomic E-state index is 0. The minimum absolute atomic E-state index is 0. The predicted molar refractivity (Wildman–Crippen MR) is 51.4 cm³/mol. The molecule has 0 atom stereocenters. The third-order valence-corrected chi connectivity index (χ3v) is 0.940. The van der Waals surface area contributed by atoms with Gasteiger partial charge in [0.2, 0.25) is 0 Å². The molecule has 0 heteroatoms. The molecule has 1 rings (SSSR count). The summed E-state index contributed by atoms with van der Waals surface area (Å²) >= 11 is 0. The van der Waals surface area contributed by atoms with Gasteiger partial charge in [0, 0.05) is 1.43 Å². The maximum Gasteiger partial charge on any atom is 0 e. The summed E-state index contributed by atoms with van der Waals surface area (Å²) in [6.07, 6.45) is 0. The van der Waals surface area contributed by atoms with Crippen molar-refractivity contribution in [3.05, 3.63) is 35.9 Å². The first-order valence-electron chi connectivity index (χ1n) is 3.41. The van der Waals surface area contributed by atoms with Gasteiger partial charge >= 0.3 is 0 Å². The maximum atomic E-state index is 2.08. The van der Waals surface area contributed by atoms with E-state index in [9.17, 15) is 0 Å². The Morgan fingerprint density at radius 1 is 1.00 bits per heavy atom. The van der Waals surface area contributed by atoms with Crippen molar-refractivity contribution in [3.63, 3.8) is 0 Å². The van der Waals surface area contributed by atoms with E-state index in [1.807, 2.05) is 32.0 Å². The largest absolute Gasteiger partial charge is 0.0776 e. The van der Waals surface area contributed by atoms with Crippen molar-refractivity contribution in [1.29, 1.82) is 0 Å². The molecular weight excluding hydrogens is 120 g/mol. The maximum absolute atomic E-state index is 2.08. The lowest BCUT2D eigenvalue weighted by Gasteiger charge is -1.82. The van der Waals surface area contributed by atoms with Gasteiger partial charge in [0.15, 0.2) is 0 Å². The third-order valence-electron chi connectivity index (χ3n) is 0.940. The summed E-state index contributed by atoms with van der Waals surface area (Å²) in [6.45, 7) is 6.08. The van der Waals surface area contributed by atoms with Gasteiger partial charge in [-0.1, -0.05) is 57.2 Å². The Bertz CT molecular complexity index is 135. The molecule has 0 nitrogen and oxygen atoms in total. The molecule has 1 aromatic rings. The fourth-order valence-corrected chi connectivity index (χ4v) is 0.534. The average molecular weight is 141 g/mol. The zero-order valence-corrected chi connectivity index (χ0v) is 6.39. The van der Waals surface area contributed by atoms with Gasteiger partial charge in [-0.3, -0.25) is 0 Å². The highest BCUT2D eigenvalue weighted by Crippen LogP contribution is 1.92. The molecule has 0 aliphatic heterocycles. The van der Waals surface area contributed by atoms with Crippen molar-refractivity contribution >= 4 is 0 Å². The topological polar surface area (TPSA) is 0 Å². The first-order valence-corrected chi connectivity index (χ1v) is 3.41. The zero-order valence-electron chi connectivity index (χ0n) is 6.39.